The van der Waals surface area contributed by atoms with Gasteiger partial charge in [0.15, 0.2) is 5.03 Å². The fourth-order valence-electron chi connectivity index (χ4n) is 3.22. The maximum Gasteiger partial charge on any atom is 0.281 e. The van der Waals surface area contributed by atoms with Gasteiger partial charge in [0.2, 0.25) is 0 Å². The van der Waals surface area contributed by atoms with E-state index in [1.807, 2.05) is 27.7 Å². The molecule has 1 aromatic rings. The van der Waals surface area contributed by atoms with E-state index in [1.165, 1.54) is 24.3 Å². The van der Waals surface area contributed by atoms with Crippen molar-refractivity contribution in [2.24, 2.45) is 16.3 Å². The predicted octanol–water partition coefficient (Wildman–Crippen LogP) is 4.00. The molecule has 0 spiro atoms. The number of sulfonamides is 1. The zero-order chi connectivity index (χ0) is 22.5. The number of pyridine rings is 1. The molecule has 0 aromatic carbocycles. The number of carbonyl (C=O) groups is 1. The summed E-state index contributed by atoms with van der Waals surface area (Å²) in [4.78, 5) is 21.6. The van der Waals surface area contributed by atoms with Gasteiger partial charge in [0, 0.05) is 11.6 Å². The van der Waals surface area contributed by atoms with Crippen LogP contribution in [0.15, 0.2) is 52.1 Å². The summed E-state index contributed by atoms with van der Waals surface area (Å²) in [5.74, 6) is -0.624. The number of rotatable bonds is 6. The first kappa shape index (κ1) is 23.8. The number of hydrogen-bond donors (Lipinski definition) is 2. The first-order valence-electron chi connectivity index (χ1n) is 10.2. The average Bonchev–Trinajstić information content (AvgIpc) is 2.67. The molecule has 1 aromatic heterocycles. The van der Waals surface area contributed by atoms with Crippen LogP contribution in [0.2, 0.25) is 0 Å². The first-order valence-corrected chi connectivity index (χ1v) is 11.7. The number of carbonyl (C=O) groups excluding carboxylic acids is 1. The van der Waals surface area contributed by atoms with Crippen molar-refractivity contribution in [3.8, 4) is 0 Å². The highest BCUT2D eigenvalue weighted by atomic mass is 32.2. The van der Waals surface area contributed by atoms with Crippen LogP contribution in [0, 0.1) is 11.3 Å². The molecule has 0 aliphatic heterocycles. The Morgan fingerprint density at radius 1 is 1.27 bits per heavy atom. The summed E-state index contributed by atoms with van der Waals surface area (Å²) in [6.45, 7) is 11.8. The number of hydrogen-bond acceptors (Lipinski definition) is 6. The smallest absolute Gasteiger partial charge is 0.281 e. The van der Waals surface area contributed by atoms with Crippen LogP contribution in [0.25, 0.3) is 0 Å². The summed E-state index contributed by atoms with van der Waals surface area (Å²) in [7, 11) is -4.18. The minimum Gasteiger partial charge on any atom is -0.384 e. The van der Waals surface area contributed by atoms with Crippen molar-refractivity contribution < 1.29 is 13.2 Å². The fraction of sp³-hybridized carbons (Fsp3) is 0.500. The average molecular weight is 433 g/mol. The monoisotopic (exact) mass is 432 g/mol. The van der Waals surface area contributed by atoms with E-state index in [4.69, 9.17) is 10.7 Å². The largest absolute Gasteiger partial charge is 0.384 e. The van der Waals surface area contributed by atoms with E-state index < -0.39 is 15.9 Å². The number of amides is 1. The van der Waals surface area contributed by atoms with Gasteiger partial charge < -0.3 is 5.73 Å². The Kier molecular flexibility index (Phi) is 7.58. The Hall–Kier alpha value is -2.48. The lowest BCUT2D eigenvalue weighted by Crippen LogP contribution is -2.33. The van der Waals surface area contributed by atoms with Crippen molar-refractivity contribution in [3.05, 3.63) is 42.1 Å². The third-order valence-electron chi connectivity index (χ3n) is 5.34. The van der Waals surface area contributed by atoms with E-state index in [-0.39, 0.29) is 27.7 Å². The van der Waals surface area contributed by atoms with Crippen LogP contribution in [0.4, 0.5) is 5.82 Å². The van der Waals surface area contributed by atoms with Crippen LogP contribution < -0.4 is 10.5 Å². The predicted molar refractivity (Wildman–Crippen MR) is 120 cm³/mol. The molecule has 1 heterocycles. The van der Waals surface area contributed by atoms with Crippen molar-refractivity contribution in [2.75, 3.05) is 5.73 Å². The maximum absolute atomic E-state index is 13.0. The number of nitrogens with zero attached hydrogens (tertiary/aromatic N) is 2. The number of aliphatic imine (C=N–C) groups is 1. The summed E-state index contributed by atoms with van der Waals surface area (Å²) in [5.41, 5.74) is 7.05. The van der Waals surface area contributed by atoms with Crippen molar-refractivity contribution in [1.82, 2.24) is 9.71 Å². The minimum atomic E-state index is -4.18. The van der Waals surface area contributed by atoms with Crippen molar-refractivity contribution >= 4 is 27.5 Å². The minimum absolute atomic E-state index is 0.0538. The molecule has 2 rings (SSSR count). The van der Waals surface area contributed by atoms with Gasteiger partial charge in [-0.2, -0.15) is 8.42 Å². The Morgan fingerprint density at radius 2 is 1.90 bits per heavy atom. The summed E-state index contributed by atoms with van der Waals surface area (Å²) < 4.78 is 27.4. The summed E-state index contributed by atoms with van der Waals surface area (Å²) in [6, 6.07) is 4.23. The van der Waals surface area contributed by atoms with Crippen LogP contribution in [0.1, 0.15) is 59.8 Å². The standard InChI is InChI=1S/C22H32N4O3S/c1-6-17(21(27)26-30(28,29)19-14-10-13-18(23)25-19)20(16-11-8-7-9-12-16)24-15(2)22(3,4)5/h6,10,13-14,16H,1,7-9,11-12H2,2-5H3,(H2,23,25)(H,26,27)/b20-17+,24-15?. The highest BCUT2D eigenvalue weighted by molar-refractivity contribution is 7.90. The van der Waals surface area contributed by atoms with Gasteiger partial charge in [0.05, 0.1) is 11.3 Å². The SMILES string of the molecule is C=C/C(C(=O)NS(=O)(=O)c1cccc(N)n1)=C(\N=C(C)C(C)(C)C)C1CCCCC1. The van der Waals surface area contributed by atoms with E-state index in [2.05, 4.69) is 16.3 Å². The topological polar surface area (TPSA) is 115 Å². The molecule has 0 bridgehead atoms. The van der Waals surface area contributed by atoms with Gasteiger partial charge in [-0.25, -0.2) is 9.71 Å². The number of nitrogens with two attached hydrogens (primary N) is 1. The van der Waals surface area contributed by atoms with Crippen LogP contribution in [0.3, 0.4) is 0 Å². The molecule has 1 aliphatic rings. The molecule has 0 saturated heterocycles. The molecule has 30 heavy (non-hydrogen) atoms. The summed E-state index contributed by atoms with van der Waals surface area (Å²) in [6.07, 6.45) is 6.46. The molecule has 0 unspecified atom stereocenters. The van der Waals surface area contributed by atoms with Crippen LogP contribution in [-0.4, -0.2) is 25.0 Å². The summed E-state index contributed by atoms with van der Waals surface area (Å²) in [5, 5.41) is -0.312. The number of allylic oxidation sites excluding steroid dienone is 1. The van der Waals surface area contributed by atoms with Crippen molar-refractivity contribution in [1.29, 1.82) is 0 Å². The van der Waals surface area contributed by atoms with Crippen LogP contribution in [-0.2, 0) is 14.8 Å². The second-order valence-corrected chi connectivity index (χ2v) is 10.2. The van der Waals surface area contributed by atoms with Crippen molar-refractivity contribution in [3.63, 3.8) is 0 Å². The normalized spacial score (nSPS) is 17.3. The first-order chi connectivity index (χ1) is 14.0. The van der Waals surface area contributed by atoms with Gasteiger partial charge in [0.1, 0.15) is 5.82 Å². The number of aromatic nitrogens is 1. The lowest BCUT2D eigenvalue weighted by atomic mass is 9.84. The summed E-state index contributed by atoms with van der Waals surface area (Å²) >= 11 is 0. The molecule has 0 radical (unpaired) electrons. The molecule has 164 valence electrons. The Bertz CT molecular complexity index is 966. The molecule has 7 nitrogen and oxygen atoms in total. The lowest BCUT2D eigenvalue weighted by Gasteiger charge is -2.26. The van der Waals surface area contributed by atoms with Gasteiger partial charge in [0.25, 0.3) is 15.9 Å². The van der Waals surface area contributed by atoms with Gasteiger partial charge in [-0.05, 0) is 37.3 Å². The van der Waals surface area contributed by atoms with Crippen LogP contribution in [0.5, 0.6) is 0 Å². The fourth-order valence-corrected chi connectivity index (χ4v) is 4.16. The van der Waals surface area contributed by atoms with Crippen LogP contribution >= 0.6 is 0 Å². The van der Waals surface area contributed by atoms with E-state index in [9.17, 15) is 13.2 Å². The molecule has 1 saturated carbocycles. The van der Waals surface area contributed by atoms with Gasteiger partial charge >= 0.3 is 0 Å². The Balaban J connectivity index is 2.49. The van der Waals surface area contributed by atoms with E-state index in [0.717, 1.165) is 37.8 Å². The molecular formula is C22H32N4O3S. The maximum atomic E-state index is 13.0. The zero-order valence-electron chi connectivity index (χ0n) is 18.2. The lowest BCUT2D eigenvalue weighted by molar-refractivity contribution is -0.115. The van der Waals surface area contributed by atoms with Gasteiger partial charge in [-0.3, -0.25) is 9.79 Å². The molecule has 0 atom stereocenters. The third-order valence-corrected chi connectivity index (χ3v) is 6.57. The number of anilines is 1. The third kappa shape index (κ3) is 6.01. The second kappa shape index (κ2) is 9.55. The van der Waals surface area contributed by atoms with Gasteiger partial charge in [-0.1, -0.05) is 58.8 Å². The highest BCUT2D eigenvalue weighted by Gasteiger charge is 2.27. The molecule has 3 N–H and O–H groups in total. The van der Waals surface area contributed by atoms with Crippen molar-refractivity contribution in [2.45, 2.75) is 64.8 Å². The molecule has 1 aliphatic carbocycles. The van der Waals surface area contributed by atoms with Gasteiger partial charge in [-0.15, -0.1) is 0 Å². The van der Waals surface area contributed by atoms with E-state index >= 15 is 0 Å². The number of nitrogen functional groups attached to an aromatic ring is 1. The number of nitrogens with one attached hydrogen (secondary N) is 1. The quantitative estimate of drug-likeness (QED) is 0.401. The molecule has 1 amide bonds. The van der Waals surface area contributed by atoms with E-state index in [1.54, 1.807) is 0 Å². The highest BCUT2D eigenvalue weighted by Crippen LogP contribution is 2.34. The zero-order valence-corrected chi connectivity index (χ0v) is 19.1. The van der Waals surface area contributed by atoms with E-state index in [0.29, 0.717) is 5.70 Å². The molecule has 8 heteroatoms. The second-order valence-electron chi connectivity index (χ2n) is 8.62. The molecule has 1 fully saturated rings. The Labute approximate surface area is 179 Å². The Morgan fingerprint density at radius 3 is 2.43 bits per heavy atom. The molecular weight excluding hydrogens is 400 g/mol.